The zero-order valence-electron chi connectivity index (χ0n) is 7.50. The molecule has 0 aliphatic carbocycles. The minimum absolute atomic E-state index is 0.191. The van der Waals surface area contributed by atoms with Crippen LogP contribution in [0.15, 0.2) is 12.2 Å². The van der Waals surface area contributed by atoms with E-state index in [0.717, 1.165) is 6.42 Å². The fourth-order valence-corrected chi connectivity index (χ4v) is 0.750. The smallest absolute Gasteiger partial charge is 0.336 e. The van der Waals surface area contributed by atoms with Gasteiger partial charge in [-0.2, -0.15) is 0 Å². The number of hydrogen-bond donors (Lipinski definition) is 0. The molecule has 1 rings (SSSR count). The van der Waals surface area contributed by atoms with Crippen molar-refractivity contribution in [3.8, 4) is 0 Å². The molecule has 1 fully saturated rings. The molecule has 1 saturated heterocycles. The maximum atomic E-state index is 11.2. The highest BCUT2D eigenvalue weighted by atomic mass is 16.8. The van der Waals surface area contributed by atoms with E-state index >= 15 is 0 Å². The van der Waals surface area contributed by atoms with Crippen LogP contribution >= 0.6 is 0 Å². The number of ether oxygens (including phenoxy) is 2. The zero-order valence-corrected chi connectivity index (χ0v) is 7.50. The van der Waals surface area contributed by atoms with Crippen LogP contribution < -0.4 is 0 Å². The Morgan fingerprint density at radius 1 is 1.83 bits per heavy atom. The molecule has 12 heavy (non-hydrogen) atoms. The normalized spacial score (nSPS) is 23.0. The molecule has 3 heteroatoms. The van der Waals surface area contributed by atoms with Crippen molar-refractivity contribution in [2.24, 2.45) is 5.92 Å². The van der Waals surface area contributed by atoms with Crippen LogP contribution in [0.25, 0.3) is 0 Å². The first-order valence-corrected chi connectivity index (χ1v) is 4.16. The summed E-state index contributed by atoms with van der Waals surface area (Å²) < 4.78 is 9.64. The van der Waals surface area contributed by atoms with Gasteiger partial charge in [0, 0.05) is 5.57 Å². The average molecular weight is 170 g/mol. The third kappa shape index (κ3) is 2.34. The number of carbonyl (C=O) groups is 1. The van der Waals surface area contributed by atoms with E-state index in [1.165, 1.54) is 0 Å². The summed E-state index contributed by atoms with van der Waals surface area (Å²) in [7, 11) is 0. The summed E-state index contributed by atoms with van der Waals surface area (Å²) in [5, 5.41) is 0. The van der Waals surface area contributed by atoms with E-state index in [0.29, 0.717) is 12.2 Å². The van der Waals surface area contributed by atoms with Gasteiger partial charge in [-0.05, 0) is 12.3 Å². The first-order chi connectivity index (χ1) is 5.65. The Labute approximate surface area is 72.4 Å². The monoisotopic (exact) mass is 170 g/mol. The molecule has 0 aromatic rings. The summed E-state index contributed by atoms with van der Waals surface area (Å²) in [6.07, 6.45) is 0.595. The van der Waals surface area contributed by atoms with E-state index in [2.05, 4.69) is 6.58 Å². The third-order valence-corrected chi connectivity index (χ3v) is 2.01. The highest BCUT2D eigenvalue weighted by Gasteiger charge is 2.28. The molecule has 0 bridgehead atoms. The SMILES string of the molecule is C=C(C(=O)OC1CO1)C(C)CC. The molecule has 0 radical (unpaired) electrons. The van der Waals surface area contributed by atoms with Crippen molar-refractivity contribution in [2.45, 2.75) is 26.6 Å². The van der Waals surface area contributed by atoms with Gasteiger partial charge in [-0.3, -0.25) is 0 Å². The number of esters is 1. The second-order valence-corrected chi connectivity index (χ2v) is 3.00. The molecule has 0 amide bonds. The van der Waals surface area contributed by atoms with Crippen LogP contribution in [-0.2, 0) is 14.3 Å². The van der Waals surface area contributed by atoms with Crippen LogP contribution in [0.5, 0.6) is 0 Å². The molecule has 0 aromatic carbocycles. The number of epoxide rings is 1. The lowest BCUT2D eigenvalue weighted by Gasteiger charge is -2.09. The molecule has 3 nitrogen and oxygen atoms in total. The Bertz CT molecular complexity index is 194. The number of hydrogen-bond acceptors (Lipinski definition) is 3. The highest BCUT2D eigenvalue weighted by molar-refractivity contribution is 5.88. The van der Waals surface area contributed by atoms with Gasteiger partial charge in [-0.25, -0.2) is 4.79 Å². The van der Waals surface area contributed by atoms with Crippen molar-refractivity contribution in [1.29, 1.82) is 0 Å². The molecule has 2 atom stereocenters. The second kappa shape index (κ2) is 3.72. The Morgan fingerprint density at radius 2 is 2.42 bits per heavy atom. The van der Waals surface area contributed by atoms with Crippen LogP contribution in [0.2, 0.25) is 0 Å². The molecule has 2 unspecified atom stereocenters. The molecule has 1 heterocycles. The van der Waals surface area contributed by atoms with E-state index in [4.69, 9.17) is 9.47 Å². The standard InChI is InChI=1S/C9H14O3/c1-4-6(2)7(3)9(10)12-8-5-11-8/h6,8H,3-5H2,1-2H3. The Balaban J connectivity index is 2.34. The Morgan fingerprint density at radius 3 is 2.83 bits per heavy atom. The van der Waals surface area contributed by atoms with Gasteiger partial charge in [0.1, 0.15) is 6.61 Å². The van der Waals surface area contributed by atoms with Gasteiger partial charge in [0.25, 0.3) is 0 Å². The predicted octanol–water partition coefficient (Wildman–Crippen LogP) is 1.49. The quantitative estimate of drug-likeness (QED) is 0.364. The van der Waals surface area contributed by atoms with E-state index in [-0.39, 0.29) is 18.2 Å². The Hall–Kier alpha value is -0.830. The summed E-state index contributed by atoms with van der Waals surface area (Å²) in [6, 6.07) is 0. The van der Waals surface area contributed by atoms with Crippen LogP contribution in [0.3, 0.4) is 0 Å². The lowest BCUT2D eigenvalue weighted by molar-refractivity contribution is -0.144. The molecule has 0 spiro atoms. The van der Waals surface area contributed by atoms with Crippen LogP contribution in [0.1, 0.15) is 20.3 Å². The topological polar surface area (TPSA) is 38.8 Å². The third-order valence-electron chi connectivity index (χ3n) is 2.01. The van der Waals surface area contributed by atoms with Gasteiger partial charge in [-0.15, -0.1) is 0 Å². The predicted molar refractivity (Wildman–Crippen MR) is 44.4 cm³/mol. The van der Waals surface area contributed by atoms with Gasteiger partial charge in [0.05, 0.1) is 0 Å². The van der Waals surface area contributed by atoms with Gasteiger partial charge >= 0.3 is 5.97 Å². The highest BCUT2D eigenvalue weighted by Crippen LogP contribution is 2.18. The van der Waals surface area contributed by atoms with Crippen LogP contribution in [-0.4, -0.2) is 18.9 Å². The van der Waals surface area contributed by atoms with Gasteiger partial charge < -0.3 is 9.47 Å². The van der Waals surface area contributed by atoms with Crippen LogP contribution in [0, 0.1) is 5.92 Å². The molecule has 0 saturated carbocycles. The van der Waals surface area contributed by atoms with Crippen LogP contribution in [0.4, 0.5) is 0 Å². The maximum Gasteiger partial charge on any atom is 0.336 e. The summed E-state index contributed by atoms with van der Waals surface area (Å²) in [5.74, 6) is -0.136. The fourth-order valence-electron chi connectivity index (χ4n) is 0.750. The zero-order chi connectivity index (χ0) is 9.14. The van der Waals surface area contributed by atoms with Crippen molar-refractivity contribution in [3.63, 3.8) is 0 Å². The van der Waals surface area contributed by atoms with Gasteiger partial charge in [0.2, 0.25) is 6.29 Å². The largest absolute Gasteiger partial charge is 0.430 e. The molecule has 1 aliphatic heterocycles. The van der Waals surface area contributed by atoms with Crippen molar-refractivity contribution in [3.05, 3.63) is 12.2 Å². The van der Waals surface area contributed by atoms with E-state index < -0.39 is 0 Å². The molecule has 0 N–H and O–H groups in total. The summed E-state index contributed by atoms with van der Waals surface area (Å²) in [6.45, 7) is 8.17. The lowest BCUT2D eigenvalue weighted by Crippen LogP contribution is -2.14. The van der Waals surface area contributed by atoms with E-state index in [1.54, 1.807) is 0 Å². The number of rotatable bonds is 4. The molecule has 1 aliphatic rings. The van der Waals surface area contributed by atoms with Gasteiger partial charge in [-0.1, -0.05) is 20.4 Å². The first kappa shape index (κ1) is 9.26. The van der Waals surface area contributed by atoms with Crippen molar-refractivity contribution >= 4 is 5.97 Å². The lowest BCUT2D eigenvalue weighted by atomic mass is 10.0. The summed E-state index contributed by atoms with van der Waals surface area (Å²) in [4.78, 5) is 11.2. The fraction of sp³-hybridized carbons (Fsp3) is 0.667. The maximum absolute atomic E-state index is 11.2. The summed E-state index contributed by atoms with van der Waals surface area (Å²) in [5.41, 5.74) is 0.535. The van der Waals surface area contributed by atoms with Crippen molar-refractivity contribution in [2.75, 3.05) is 6.61 Å². The van der Waals surface area contributed by atoms with Crippen molar-refractivity contribution < 1.29 is 14.3 Å². The van der Waals surface area contributed by atoms with E-state index in [1.807, 2.05) is 13.8 Å². The molecular formula is C9H14O3. The first-order valence-electron chi connectivity index (χ1n) is 4.16. The minimum atomic E-state index is -0.327. The number of carbonyl (C=O) groups excluding carboxylic acids is 1. The Kier molecular flexibility index (Phi) is 2.87. The summed E-state index contributed by atoms with van der Waals surface area (Å²) >= 11 is 0. The molecule has 0 aromatic heterocycles. The van der Waals surface area contributed by atoms with Gasteiger partial charge in [0.15, 0.2) is 0 Å². The molecule has 68 valence electrons. The average Bonchev–Trinajstić information content (AvgIpc) is 2.85. The van der Waals surface area contributed by atoms with E-state index in [9.17, 15) is 4.79 Å². The molecular weight excluding hydrogens is 156 g/mol. The second-order valence-electron chi connectivity index (χ2n) is 3.00. The minimum Gasteiger partial charge on any atom is -0.430 e. The van der Waals surface area contributed by atoms with Crippen molar-refractivity contribution in [1.82, 2.24) is 0 Å².